The lowest BCUT2D eigenvalue weighted by Gasteiger charge is -2.19. The SMILES string of the molecule is CCN(CCC(=O)O)Cc1c(C)nn(C)c1Cl. The predicted octanol–water partition coefficient (Wildman–Crippen LogP) is 1.68. The highest BCUT2D eigenvalue weighted by Crippen LogP contribution is 2.20. The molecule has 1 heterocycles. The molecule has 1 aromatic heterocycles. The maximum atomic E-state index is 10.5. The summed E-state index contributed by atoms with van der Waals surface area (Å²) in [7, 11) is 1.80. The molecule has 0 unspecified atom stereocenters. The second-order valence-electron chi connectivity index (χ2n) is 3.99. The maximum Gasteiger partial charge on any atom is 0.304 e. The molecule has 0 spiro atoms. The smallest absolute Gasteiger partial charge is 0.304 e. The second kappa shape index (κ2) is 6.02. The molecule has 0 saturated heterocycles. The summed E-state index contributed by atoms with van der Waals surface area (Å²) in [6.07, 6.45) is 0.144. The van der Waals surface area contributed by atoms with Crippen molar-refractivity contribution in [3.63, 3.8) is 0 Å². The Morgan fingerprint density at radius 3 is 2.65 bits per heavy atom. The van der Waals surface area contributed by atoms with E-state index in [0.29, 0.717) is 18.2 Å². The van der Waals surface area contributed by atoms with Crippen LogP contribution in [0.1, 0.15) is 24.6 Å². The molecule has 0 aliphatic carbocycles. The number of hydrogen-bond donors (Lipinski definition) is 1. The lowest BCUT2D eigenvalue weighted by Crippen LogP contribution is -2.26. The average Bonchev–Trinajstić information content (AvgIpc) is 2.49. The summed E-state index contributed by atoms with van der Waals surface area (Å²) < 4.78 is 1.64. The van der Waals surface area contributed by atoms with Gasteiger partial charge in [-0.1, -0.05) is 18.5 Å². The van der Waals surface area contributed by atoms with E-state index in [0.717, 1.165) is 17.8 Å². The highest BCUT2D eigenvalue weighted by Gasteiger charge is 2.14. The molecule has 0 aliphatic heterocycles. The Kier molecular flexibility index (Phi) is 4.96. The van der Waals surface area contributed by atoms with Crippen molar-refractivity contribution in [3.8, 4) is 0 Å². The fraction of sp³-hybridized carbons (Fsp3) is 0.636. The van der Waals surface area contributed by atoms with Crippen LogP contribution >= 0.6 is 11.6 Å². The largest absolute Gasteiger partial charge is 0.481 e. The van der Waals surface area contributed by atoms with Gasteiger partial charge in [0.05, 0.1) is 12.1 Å². The molecule has 0 atom stereocenters. The summed E-state index contributed by atoms with van der Waals surface area (Å²) in [6, 6.07) is 0. The van der Waals surface area contributed by atoms with Crippen LogP contribution in [0.15, 0.2) is 0 Å². The van der Waals surface area contributed by atoms with Gasteiger partial charge in [0.2, 0.25) is 0 Å². The Morgan fingerprint density at radius 2 is 2.24 bits per heavy atom. The second-order valence-corrected chi connectivity index (χ2v) is 4.35. The van der Waals surface area contributed by atoms with Gasteiger partial charge in [0.15, 0.2) is 0 Å². The molecule has 0 fully saturated rings. The predicted molar refractivity (Wildman–Crippen MR) is 66.2 cm³/mol. The van der Waals surface area contributed by atoms with Gasteiger partial charge in [-0.05, 0) is 13.5 Å². The molecule has 5 nitrogen and oxygen atoms in total. The van der Waals surface area contributed by atoms with Crippen LogP contribution in [0.3, 0.4) is 0 Å². The third-order valence-corrected chi connectivity index (χ3v) is 3.21. The van der Waals surface area contributed by atoms with E-state index >= 15 is 0 Å². The van der Waals surface area contributed by atoms with Crippen LogP contribution in [0.5, 0.6) is 0 Å². The lowest BCUT2D eigenvalue weighted by molar-refractivity contribution is -0.137. The minimum absolute atomic E-state index is 0.144. The van der Waals surface area contributed by atoms with Crippen molar-refractivity contribution in [2.24, 2.45) is 7.05 Å². The van der Waals surface area contributed by atoms with Gasteiger partial charge >= 0.3 is 5.97 Å². The van der Waals surface area contributed by atoms with Crippen molar-refractivity contribution in [2.75, 3.05) is 13.1 Å². The van der Waals surface area contributed by atoms with Gasteiger partial charge in [-0.15, -0.1) is 0 Å². The molecule has 1 aromatic rings. The summed E-state index contributed by atoms with van der Waals surface area (Å²) in [5, 5.41) is 13.5. The van der Waals surface area contributed by atoms with E-state index < -0.39 is 5.97 Å². The van der Waals surface area contributed by atoms with Crippen LogP contribution < -0.4 is 0 Å². The molecule has 6 heteroatoms. The summed E-state index contributed by atoms with van der Waals surface area (Å²) in [5.41, 5.74) is 1.87. The molecule has 1 rings (SSSR count). The Balaban J connectivity index is 2.70. The van der Waals surface area contributed by atoms with Crippen molar-refractivity contribution in [2.45, 2.75) is 26.8 Å². The van der Waals surface area contributed by atoms with Crippen LogP contribution in [0.4, 0.5) is 0 Å². The third kappa shape index (κ3) is 3.71. The minimum Gasteiger partial charge on any atom is -0.481 e. The fourth-order valence-electron chi connectivity index (χ4n) is 1.68. The molecule has 0 bridgehead atoms. The Bertz CT molecular complexity index is 404. The van der Waals surface area contributed by atoms with Gasteiger partial charge < -0.3 is 5.11 Å². The van der Waals surface area contributed by atoms with Crippen LogP contribution in [0.25, 0.3) is 0 Å². The molecular formula is C11H18ClN3O2. The molecule has 0 radical (unpaired) electrons. The fourth-order valence-corrected chi connectivity index (χ4v) is 1.91. The number of hydrogen-bond acceptors (Lipinski definition) is 3. The third-order valence-electron chi connectivity index (χ3n) is 2.74. The molecular weight excluding hydrogens is 242 g/mol. The first kappa shape index (κ1) is 14.0. The zero-order valence-electron chi connectivity index (χ0n) is 10.4. The number of aliphatic carboxylic acids is 1. The molecule has 0 aliphatic rings. The summed E-state index contributed by atoms with van der Waals surface area (Å²) in [4.78, 5) is 12.6. The first-order valence-electron chi connectivity index (χ1n) is 5.57. The first-order chi connectivity index (χ1) is 7.95. The Morgan fingerprint density at radius 1 is 1.59 bits per heavy atom. The molecule has 0 aromatic carbocycles. The molecule has 0 amide bonds. The first-order valence-corrected chi connectivity index (χ1v) is 5.95. The normalized spacial score (nSPS) is 11.1. The van der Waals surface area contributed by atoms with E-state index in [1.165, 1.54) is 0 Å². The molecule has 1 N–H and O–H groups in total. The zero-order chi connectivity index (χ0) is 13.0. The summed E-state index contributed by atoms with van der Waals surface area (Å²) in [5.74, 6) is -0.780. The number of nitrogens with zero attached hydrogens (tertiary/aromatic N) is 3. The molecule has 0 saturated carbocycles. The van der Waals surface area contributed by atoms with Crippen molar-refractivity contribution < 1.29 is 9.90 Å². The zero-order valence-corrected chi connectivity index (χ0v) is 11.2. The quantitative estimate of drug-likeness (QED) is 0.845. The number of rotatable bonds is 6. The Labute approximate surface area is 106 Å². The number of aryl methyl sites for hydroxylation is 2. The van der Waals surface area contributed by atoms with Gasteiger partial charge in [-0.3, -0.25) is 14.4 Å². The van der Waals surface area contributed by atoms with Crippen molar-refractivity contribution in [3.05, 3.63) is 16.4 Å². The van der Waals surface area contributed by atoms with Crippen molar-refractivity contribution in [1.82, 2.24) is 14.7 Å². The van der Waals surface area contributed by atoms with E-state index in [9.17, 15) is 4.79 Å². The minimum atomic E-state index is -0.780. The van der Waals surface area contributed by atoms with Crippen molar-refractivity contribution in [1.29, 1.82) is 0 Å². The summed E-state index contributed by atoms with van der Waals surface area (Å²) in [6.45, 7) is 5.87. The van der Waals surface area contributed by atoms with Crippen molar-refractivity contribution >= 4 is 17.6 Å². The van der Waals surface area contributed by atoms with Crippen LogP contribution in [0.2, 0.25) is 5.15 Å². The summed E-state index contributed by atoms with van der Waals surface area (Å²) >= 11 is 6.14. The van der Waals surface area contributed by atoms with Gasteiger partial charge in [-0.25, -0.2) is 0 Å². The Hall–Kier alpha value is -1.07. The number of halogens is 1. The topological polar surface area (TPSA) is 58.4 Å². The van der Waals surface area contributed by atoms with Crippen LogP contribution in [-0.4, -0.2) is 38.8 Å². The van der Waals surface area contributed by atoms with Gasteiger partial charge in [-0.2, -0.15) is 5.10 Å². The maximum absolute atomic E-state index is 10.5. The number of carboxylic acid groups (broad SMARTS) is 1. The van der Waals surface area contributed by atoms with Gasteiger partial charge in [0.1, 0.15) is 5.15 Å². The number of aromatic nitrogens is 2. The number of carboxylic acids is 1. The van der Waals surface area contributed by atoms with Gasteiger partial charge in [0.25, 0.3) is 0 Å². The van der Waals surface area contributed by atoms with E-state index in [4.69, 9.17) is 16.7 Å². The molecule has 96 valence electrons. The van der Waals surface area contributed by atoms with E-state index in [1.54, 1.807) is 11.7 Å². The highest BCUT2D eigenvalue weighted by atomic mass is 35.5. The number of carbonyl (C=O) groups is 1. The monoisotopic (exact) mass is 259 g/mol. The molecule has 17 heavy (non-hydrogen) atoms. The highest BCUT2D eigenvalue weighted by molar-refractivity contribution is 6.30. The van der Waals surface area contributed by atoms with E-state index in [-0.39, 0.29) is 6.42 Å². The van der Waals surface area contributed by atoms with Crippen LogP contribution in [-0.2, 0) is 18.4 Å². The van der Waals surface area contributed by atoms with E-state index in [1.807, 2.05) is 18.7 Å². The van der Waals surface area contributed by atoms with Gasteiger partial charge in [0, 0.05) is 25.7 Å². The lowest BCUT2D eigenvalue weighted by atomic mass is 10.2. The average molecular weight is 260 g/mol. The standard InChI is InChI=1S/C11H18ClN3O2/c1-4-15(6-5-10(16)17)7-9-8(2)13-14(3)11(9)12/h4-7H2,1-3H3,(H,16,17). The van der Waals surface area contributed by atoms with E-state index in [2.05, 4.69) is 5.10 Å². The van der Waals surface area contributed by atoms with Crippen LogP contribution in [0, 0.1) is 6.92 Å².